The number of allylic oxidation sites excluding steroid dienone is 2. The van der Waals surface area contributed by atoms with Crippen LogP contribution >= 0.6 is 0 Å². The monoisotopic (exact) mass is 532 g/mol. The topological polar surface area (TPSA) is 43.4 Å². The van der Waals surface area contributed by atoms with Gasteiger partial charge < -0.3 is 4.74 Å². The summed E-state index contributed by atoms with van der Waals surface area (Å²) in [5, 5.41) is 0. The van der Waals surface area contributed by atoms with Gasteiger partial charge in [0.1, 0.15) is 11.9 Å². The van der Waals surface area contributed by atoms with Crippen LogP contribution in [0.4, 0.5) is 0 Å². The molecule has 0 bridgehead atoms. The summed E-state index contributed by atoms with van der Waals surface area (Å²) in [6.45, 7) is 14.5. The first-order chi connectivity index (χ1) is 18.6. The summed E-state index contributed by atoms with van der Waals surface area (Å²) in [5.74, 6) is 4.62. The first kappa shape index (κ1) is 28.6. The largest absolute Gasteiger partial charge is 0.458 e. The van der Waals surface area contributed by atoms with Crippen LogP contribution in [0, 0.1) is 58.2 Å². The van der Waals surface area contributed by atoms with E-state index in [1.54, 1.807) is 0 Å². The predicted molar refractivity (Wildman–Crippen MR) is 158 cm³/mol. The molecular weight excluding hydrogens is 480 g/mol. The summed E-state index contributed by atoms with van der Waals surface area (Å²) in [4.78, 5) is 26.0. The van der Waals surface area contributed by atoms with Crippen molar-refractivity contribution in [3.63, 3.8) is 0 Å². The maximum atomic E-state index is 13.4. The molecule has 0 spiro atoms. The first-order valence-electron chi connectivity index (χ1n) is 16.0. The fourth-order valence-corrected chi connectivity index (χ4v) is 10.1. The number of ether oxygens (including phenoxy) is 1. The quantitative estimate of drug-likeness (QED) is 0.260. The molecule has 5 rings (SSSR count). The lowest BCUT2D eigenvalue weighted by Crippen LogP contribution is -2.59. The lowest BCUT2D eigenvalue weighted by Gasteiger charge is -2.62. The van der Waals surface area contributed by atoms with E-state index in [0.29, 0.717) is 65.1 Å². The number of hydrogen-bond acceptors (Lipinski definition) is 3. The Kier molecular flexibility index (Phi) is 8.20. The third-order valence-electron chi connectivity index (χ3n) is 12.4. The van der Waals surface area contributed by atoms with Crippen LogP contribution in [0.2, 0.25) is 0 Å². The van der Waals surface area contributed by atoms with Gasteiger partial charge in [-0.15, -0.1) is 0 Å². The molecule has 3 heteroatoms. The van der Waals surface area contributed by atoms with E-state index in [9.17, 15) is 9.59 Å². The summed E-state index contributed by atoms with van der Waals surface area (Å²) in [7, 11) is 0. The van der Waals surface area contributed by atoms with Crippen molar-refractivity contribution in [2.45, 2.75) is 105 Å². The molecule has 3 nitrogen and oxygen atoms in total. The minimum atomic E-state index is -0.192. The average molecular weight is 533 g/mol. The summed E-state index contributed by atoms with van der Waals surface area (Å²) in [6, 6.07) is 9.49. The van der Waals surface area contributed by atoms with Crippen LogP contribution < -0.4 is 0 Å². The lowest BCUT2D eigenvalue weighted by molar-refractivity contribution is -0.169. The molecule has 214 valence electrons. The zero-order valence-corrected chi connectivity index (χ0v) is 25.3. The molecule has 4 fully saturated rings. The molecule has 1 aromatic carbocycles. The highest BCUT2D eigenvalue weighted by atomic mass is 16.5. The van der Waals surface area contributed by atoms with Crippen LogP contribution in [-0.4, -0.2) is 17.9 Å². The second-order valence-electron chi connectivity index (χ2n) is 14.6. The standard InChI is InChI=1S/C36H52O3/c1-7-25(23(2)3)14-13-24(4)29-15-16-30-33-31(18-20-36(29,30)6)35(5)19-17-28(37)21-27(35)22-32(33)39-34(38)26-11-9-8-10-12-26/h8-14,23-25,27,29-33H,7,15-22H2,1-6H3/b14-13+/t24?,25?,27-,29-,30?,31?,32-,33?,35+,36-/m1/s1. The molecule has 10 atom stereocenters. The van der Waals surface area contributed by atoms with Crippen LogP contribution in [0.25, 0.3) is 0 Å². The molecule has 0 aromatic heterocycles. The summed E-state index contributed by atoms with van der Waals surface area (Å²) >= 11 is 0. The molecule has 4 aliphatic carbocycles. The van der Waals surface area contributed by atoms with Crippen molar-refractivity contribution in [1.82, 2.24) is 0 Å². The van der Waals surface area contributed by atoms with E-state index in [1.807, 2.05) is 30.3 Å². The van der Waals surface area contributed by atoms with Crippen LogP contribution in [0.3, 0.4) is 0 Å². The highest BCUT2D eigenvalue weighted by Crippen LogP contribution is 2.68. The molecule has 0 heterocycles. The van der Waals surface area contributed by atoms with Crippen LogP contribution in [0.15, 0.2) is 42.5 Å². The predicted octanol–water partition coefficient (Wildman–Crippen LogP) is 8.92. The van der Waals surface area contributed by atoms with E-state index in [4.69, 9.17) is 4.74 Å². The second kappa shape index (κ2) is 11.2. The van der Waals surface area contributed by atoms with Gasteiger partial charge in [-0.1, -0.05) is 71.9 Å². The molecule has 0 amide bonds. The molecule has 1 aromatic rings. The normalized spacial score (nSPS) is 39.6. The smallest absolute Gasteiger partial charge is 0.338 e. The van der Waals surface area contributed by atoms with Gasteiger partial charge in [0.25, 0.3) is 0 Å². The molecule has 0 N–H and O–H groups in total. The summed E-state index contributed by atoms with van der Waals surface area (Å²) in [6.07, 6.45) is 14.4. The Bertz CT molecular complexity index is 1060. The average Bonchev–Trinajstić information content (AvgIpc) is 3.27. The van der Waals surface area contributed by atoms with Gasteiger partial charge in [-0.25, -0.2) is 4.79 Å². The zero-order valence-electron chi connectivity index (χ0n) is 25.3. The third kappa shape index (κ3) is 5.17. The number of esters is 1. The fraction of sp³-hybridized carbons (Fsp3) is 0.722. The minimum absolute atomic E-state index is 0.0914. The minimum Gasteiger partial charge on any atom is -0.458 e. The number of rotatable bonds is 7. The van der Waals surface area contributed by atoms with Gasteiger partial charge in [-0.2, -0.15) is 0 Å². The van der Waals surface area contributed by atoms with Crippen molar-refractivity contribution in [3.05, 3.63) is 48.0 Å². The molecule has 4 aliphatic rings. The molecule has 0 saturated heterocycles. The van der Waals surface area contributed by atoms with Gasteiger partial charge in [0.2, 0.25) is 0 Å². The Hall–Kier alpha value is -1.90. The first-order valence-corrected chi connectivity index (χ1v) is 16.0. The van der Waals surface area contributed by atoms with E-state index in [2.05, 4.69) is 53.7 Å². The third-order valence-corrected chi connectivity index (χ3v) is 12.4. The van der Waals surface area contributed by atoms with E-state index in [1.165, 1.54) is 32.1 Å². The van der Waals surface area contributed by atoms with E-state index >= 15 is 0 Å². The highest BCUT2D eigenvalue weighted by Gasteiger charge is 2.63. The van der Waals surface area contributed by atoms with Crippen molar-refractivity contribution in [2.75, 3.05) is 0 Å². The van der Waals surface area contributed by atoms with Crippen molar-refractivity contribution in [2.24, 2.45) is 58.2 Å². The van der Waals surface area contributed by atoms with Crippen LogP contribution in [0.5, 0.6) is 0 Å². The van der Waals surface area contributed by atoms with Crippen molar-refractivity contribution >= 4 is 11.8 Å². The molecule has 0 radical (unpaired) electrons. The molecule has 5 unspecified atom stereocenters. The van der Waals surface area contributed by atoms with Crippen molar-refractivity contribution in [1.29, 1.82) is 0 Å². The summed E-state index contributed by atoms with van der Waals surface area (Å²) < 4.78 is 6.48. The lowest BCUT2D eigenvalue weighted by atomic mass is 9.43. The number of ketones is 1. The van der Waals surface area contributed by atoms with Crippen LogP contribution in [-0.2, 0) is 9.53 Å². The number of Topliss-reactive ketones (excluding diaryl/α,β-unsaturated/α-hetero) is 1. The number of fused-ring (bicyclic) bond motifs is 5. The molecule has 39 heavy (non-hydrogen) atoms. The van der Waals surface area contributed by atoms with E-state index in [-0.39, 0.29) is 22.9 Å². The molecular formula is C36H52O3. The Labute approximate surface area is 237 Å². The van der Waals surface area contributed by atoms with Gasteiger partial charge in [-0.3, -0.25) is 4.79 Å². The van der Waals surface area contributed by atoms with Gasteiger partial charge in [0, 0.05) is 18.8 Å². The Morgan fingerprint density at radius 3 is 2.41 bits per heavy atom. The van der Waals surface area contributed by atoms with Gasteiger partial charge >= 0.3 is 5.97 Å². The Morgan fingerprint density at radius 2 is 1.72 bits per heavy atom. The Morgan fingerprint density at radius 1 is 1.00 bits per heavy atom. The number of hydrogen-bond donors (Lipinski definition) is 0. The maximum absolute atomic E-state index is 13.4. The number of benzene rings is 1. The van der Waals surface area contributed by atoms with Gasteiger partial charge in [0.15, 0.2) is 0 Å². The number of carbonyl (C=O) groups excluding carboxylic acids is 2. The van der Waals surface area contributed by atoms with Crippen molar-refractivity contribution in [3.8, 4) is 0 Å². The molecule has 0 aliphatic heterocycles. The van der Waals surface area contributed by atoms with Crippen molar-refractivity contribution < 1.29 is 14.3 Å². The number of carbonyl (C=O) groups is 2. The molecule has 4 saturated carbocycles. The van der Waals surface area contributed by atoms with Gasteiger partial charge in [-0.05, 0) is 109 Å². The Balaban J connectivity index is 1.43. The van der Waals surface area contributed by atoms with E-state index < -0.39 is 0 Å². The second-order valence-corrected chi connectivity index (χ2v) is 14.6. The zero-order chi connectivity index (χ0) is 27.9. The van der Waals surface area contributed by atoms with Crippen LogP contribution in [0.1, 0.15) is 110 Å². The van der Waals surface area contributed by atoms with E-state index in [0.717, 1.165) is 19.3 Å². The maximum Gasteiger partial charge on any atom is 0.338 e. The van der Waals surface area contributed by atoms with Gasteiger partial charge in [0.05, 0.1) is 5.56 Å². The SMILES string of the molecule is CCC(/C=C/C(C)[C@H]1CCC2C3C(CC[C@@]21C)[C@@]1(C)CCC(=O)C[C@@H]1C[C@H]3OC(=O)c1ccccc1)C(C)C. The highest BCUT2D eigenvalue weighted by molar-refractivity contribution is 5.89. The fourth-order valence-electron chi connectivity index (χ4n) is 10.1. The summed E-state index contributed by atoms with van der Waals surface area (Å²) in [5.41, 5.74) is 1.10.